The second kappa shape index (κ2) is 9.46. The van der Waals surface area contributed by atoms with Gasteiger partial charge in [0.25, 0.3) is 5.56 Å². The number of methoxy groups -OCH3 is 1. The minimum Gasteiger partial charge on any atom is -0.491 e. The summed E-state index contributed by atoms with van der Waals surface area (Å²) in [7, 11) is 1.60. The Kier molecular flexibility index (Phi) is 7.01. The standard InChI is InChI=1S/C19H18Cl2N2O3S/c1-25-9-8-23-18(24)14-7-6-13(20)12-16(14)22-19(23)27-11-10-26-17-5-3-2-4-15(17)21/h2-7,12H,8-11H2,1H3. The Morgan fingerprint density at radius 2 is 1.96 bits per heavy atom. The molecule has 0 amide bonds. The van der Waals surface area contributed by atoms with Gasteiger partial charge >= 0.3 is 0 Å². The van der Waals surface area contributed by atoms with Crippen LogP contribution in [-0.2, 0) is 11.3 Å². The number of hydrogen-bond donors (Lipinski definition) is 0. The third kappa shape index (κ3) is 4.96. The van der Waals surface area contributed by atoms with Gasteiger partial charge in [0.15, 0.2) is 5.16 Å². The molecule has 0 saturated heterocycles. The summed E-state index contributed by atoms with van der Waals surface area (Å²) in [4.78, 5) is 17.4. The third-order valence-corrected chi connectivity index (χ3v) is 5.30. The van der Waals surface area contributed by atoms with Crippen molar-refractivity contribution in [3.8, 4) is 5.75 Å². The number of rotatable bonds is 8. The molecular formula is C19H18Cl2N2O3S. The SMILES string of the molecule is COCCn1c(SCCOc2ccccc2Cl)nc2cc(Cl)ccc2c1=O. The lowest BCUT2D eigenvalue weighted by atomic mass is 10.2. The lowest BCUT2D eigenvalue weighted by molar-refractivity contribution is 0.183. The molecule has 5 nitrogen and oxygen atoms in total. The Labute approximate surface area is 171 Å². The number of benzene rings is 2. The van der Waals surface area contributed by atoms with Crippen molar-refractivity contribution in [1.82, 2.24) is 9.55 Å². The zero-order valence-corrected chi connectivity index (χ0v) is 17.0. The molecule has 27 heavy (non-hydrogen) atoms. The van der Waals surface area contributed by atoms with Crippen molar-refractivity contribution in [2.45, 2.75) is 11.7 Å². The predicted molar refractivity (Wildman–Crippen MR) is 111 cm³/mol. The van der Waals surface area contributed by atoms with Gasteiger partial charge in [0.05, 0.1) is 35.7 Å². The molecule has 0 radical (unpaired) electrons. The summed E-state index contributed by atoms with van der Waals surface area (Å²) in [5, 5.41) is 2.25. The highest BCUT2D eigenvalue weighted by molar-refractivity contribution is 7.99. The van der Waals surface area contributed by atoms with Gasteiger partial charge in [0.1, 0.15) is 5.75 Å². The second-order valence-electron chi connectivity index (χ2n) is 5.63. The number of aromatic nitrogens is 2. The Hall–Kier alpha value is -1.73. The number of ether oxygens (including phenoxy) is 2. The molecule has 0 unspecified atom stereocenters. The summed E-state index contributed by atoms with van der Waals surface area (Å²) in [6, 6.07) is 12.4. The van der Waals surface area contributed by atoms with Crippen LogP contribution in [-0.4, -0.2) is 35.6 Å². The van der Waals surface area contributed by atoms with E-state index >= 15 is 0 Å². The van der Waals surface area contributed by atoms with Gasteiger partial charge in [-0.3, -0.25) is 9.36 Å². The molecule has 3 rings (SSSR count). The molecular weight excluding hydrogens is 407 g/mol. The third-order valence-electron chi connectivity index (χ3n) is 3.81. The van der Waals surface area contributed by atoms with Crippen LogP contribution < -0.4 is 10.3 Å². The van der Waals surface area contributed by atoms with E-state index in [9.17, 15) is 4.79 Å². The molecule has 0 aliphatic carbocycles. The van der Waals surface area contributed by atoms with Gasteiger partial charge < -0.3 is 9.47 Å². The summed E-state index contributed by atoms with van der Waals surface area (Å²) in [5.74, 6) is 1.24. The van der Waals surface area contributed by atoms with E-state index in [-0.39, 0.29) is 5.56 Å². The first kappa shape index (κ1) is 20.0. The predicted octanol–water partition coefficient (Wildman–Crippen LogP) is 4.52. The van der Waals surface area contributed by atoms with Crippen LogP contribution in [0.4, 0.5) is 0 Å². The van der Waals surface area contributed by atoms with E-state index in [4.69, 9.17) is 32.7 Å². The molecule has 0 fully saturated rings. The highest BCUT2D eigenvalue weighted by Crippen LogP contribution is 2.24. The molecule has 0 saturated carbocycles. The van der Waals surface area contributed by atoms with Crippen LogP contribution in [0.5, 0.6) is 5.75 Å². The molecule has 142 valence electrons. The van der Waals surface area contributed by atoms with Gasteiger partial charge in [0.2, 0.25) is 0 Å². The fraction of sp³-hybridized carbons (Fsp3) is 0.263. The average Bonchev–Trinajstić information content (AvgIpc) is 2.66. The van der Waals surface area contributed by atoms with Crippen LogP contribution in [0.2, 0.25) is 10.0 Å². The summed E-state index contributed by atoms with van der Waals surface area (Å²) in [5.41, 5.74) is 0.471. The van der Waals surface area contributed by atoms with Crippen LogP contribution in [0.3, 0.4) is 0 Å². The van der Waals surface area contributed by atoms with E-state index in [1.165, 1.54) is 11.8 Å². The van der Waals surface area contributed by atoms with Crippen molar-refractivity contribution in [3.63, 3.8) is 0 Å². The first-order valence-corrected chi connectivity index (χ1v) is 10.0. The molecule has 0 bridgehead atoms. The highest BCUT2D eigenvalue weighted by Gasteiger charge is 2.12. The van der Waals surface area contributed by atoms with E-state index in [2.05, 4.69) is 4.98 Å². The van der Waals surface area contributed by atoms with Crippen LogP contribution in [0.25, 0.3) is 10.9 Å². The fourth-order valence-corrected chi connectivity index (χ4v) is 3.71. The normalized spacial score (nSPS) is 11.1. The number of thioether (sulfide) groups is 1. The summed E-state index contributed by atoms with van der Waals surface area (Å²) >= 11 is 13.6. The van der Waals surface area contributed by atoms with E-state index in [0.717, 1.165) is 0 Å². The maximum atomic E-state index is 12.8. The molecule has 1 aromatic heterocycles. The van der Waals surface area contributed by atoms with Crippen molar-refractivity contribution in [2.24, 2.45) is 0 Å². The van der Waals surface area contributed by atoms with Crippen LogP contribution in [0, 0.1) is 0 Å². The maximum absolute atomic E-state index is 12.8. The van der Waals surface area contributed by atoms with E-state index in [1.807, 2.05) is 18.2 Å². The first-order valence-electron chi connectivity index (χ1n) is 8.29. The fourth-order valence-electron chi connectivity index (χ4n) is 2.51. The summed E-state index contributed by atoms with van der Waals surface area (Å²) < 4.78 is 12.5. The van der Waals surface area contributed by atoms with Gasteiger partial charge in [-0.05, 0) is 30.3 Å². The van der Waals surface area contributed by atoms with Gasteiger partial charge in [-0.15, -0.1) is 0 Å². The largest absolute Gasteiger partial charge is 0.491 e. The summed E-state index contributed by atoms with van der Waals surface area (Å²) in [6.45, 7) is 1.28. The number of halogens is 2. The first-order chi connectivity index (χ1) is 13.1. The van der Waals surface area contributed by atoms with Crippen molar-refractivity contribution in [2.75, 3.05) is 26.1 Å². The topological polar surface area (TPSA) is 53.4 Å². The van der Waals surface area contributed by atoms with E-state index in [1.54, 1.807) is 35.9 Å². The molecule has 0 atom stereocenters. The maximum Gasteiger partial charge on any atom is 0.262 e. The van der Waals surface area contributed by atoms with E-state index in [0.29, 0.717) is 57.4 Å². The van der Waals surface area contributed by atoms with Crippen LogP contribution >= 0.6 is 35.0 Å². The molecule has 0 aliphatic rings. The van der Waals surface area contributed by atoms with Crippen molar-refractivity contribution in [1.29, 1.82) is 0 Å². The minimum absolute atomic E-state index is 0.108. The van der Waals surface area contributed by atoms with Gasteiger partial charge in [-0.2, -0.15) is 0 Å². The van der Waals surface area contributed by atoms with Gasteiger partial charge in [-0.25, -0.2) is 4.98 Å². The van der Waals surface area contributed by atoms with Crippen molar-refractivity contribution in [3.05, 3.63) is 62.9 Å². The van der Waals surface area contributed by atoms with Crippen molar-refractivity contribution >= 4 is 45.9 Å². The average molecular weight is 425 g/mol. The quantitative estimate of drug-likeness (QED) is 0.302. The molecule has 1 heterocycles. The van der Waals surface area contributed by atoms with E-state index < -0.39 is 0 Å². The number of fused-ring (bicyclic) bond motifs is 1. The number of nitrogens with zero attached hydrogens (tertiary/aromatic N) is 2. The molecule has 3 aromatic rings. The Balaban J connectivity index is 1.79. The lowest BCUT2D eigenvalue weighted by Gasteiger charge is -2.13. The number of hydrogen-bond acceptors (Lipinski definition) is 5. The van der Waals surface area contributed by atoms with Crippen LogP contribution in [0.15, 0.2) is 52.4 Å². The number of para-hydroxylation sites is 1. The molecule has 0 aliphatic heterocycles. The zero-order chi connectivity index (χ0) is 19.2. The highest BCUT2D eigenvalue weighted by atomic mass is 35.5. The molecule has 0 N–H and O–H groups in total. The zero-order valence-electron chi connectivity index (χ0n) is 14.7. The van der Waals surface area contributed by atoms with Crippen molar-refractivity contribution < 1.29 is 9.47 Å². The molecule has 0 spiro atoms. The Morgan fingerprint density at radius 1 is 1.15 bits per heavy atom. The van der Waals surface area contributed by atoms with Gasteiger partial charge in [-0.1, -0.05) is 47.1 Å². The smallest absolute Gasteiger partial charge is 0.262 e. The van der Waals surface area contributed by atoms with Crippen LogP contribution in [0.1, 0.15) is 0 Å². The second-order valence-corrected chi connectivity index (χ2v) is 7.54. The molecule has 2 aromatic carbocycles. The lowest BCUT2D eigenvalue weighted by Crippen LogP contribution is -2.25. The molecule has 8 heteroatoms. The Bertz CT molecular complexity index is 994. The van der Waals surface area contributed by atoms with Gasteiger partial charge in [0, 0.05) is 17.9 Å². The minimum atomic E-state index is -0.108. The Morgan fingerprint density at radius 3 is 2.74 bits per heavy atom. The monoisotopic (exact) mass is 424 g/mol. The summed E-state index contributed by atoms with van der Waals surface area (Å²) in [6.07, 6.45) is 0.